The molecule has 1 aliphatic rings. The van der Waals surface area contributed by atoms with Crippen molar-refractivity contribution >= 4 is 16.8 Å². The van der Waals surface area contributed by atoms with Crippen molar-refractivity contribution in [3.8, 4) is 17.2 Å². The van der Waals surface area contributed by atoms with Crippen LogP contribution in [0.25, 0.3) is 10.9 Å². The molecule has 0 aliphatic carbocycles. The molecule has 1 aromatic heterocycles. The predicted molar refractivity (Wildman–Crippen MR) is 125 cm³/mol. The molecule has 1 amide bonds. The molecule has 0 radical (unpaired) electrons. The number of hydrogen-bond donors (Lipinski definition) is 2. The first-order valence-corrected chi connectivity index (χ1v) is 10.6. The maximum absolute atomic E-state index is 13.0. The van der Waals surface area contributed by atoms with Crippen LogP contribution in [0.3, 0.4) is 0 Å². The number of fused-ring (bicyclic) bond motifs is 2. The number of hydrogen-bond acceptors (Lipinski definition) is 6. The summed E-state index contributed by atoms with van der Waals surface area (Å²) >= 11 is 0. The number of nitrogens with zero attached hydrogens (tertiary/aromatic N) is 1. The molecule has 34 heavy (non-hydrogen) atoms. The number of benzene rings is 3. The number of nitrogens with one attached hydrogen (secondary N) is 2. The quantitative estimate of drug-likeness (QED) is 0.458. The number of methoxy groups -OCH3 is 1. The minimum Gasteiger partial charge on any atom is -0.497 e. The van der Waals surface area contributed by atoms with E-state index < -0.39 is 11.2 Å². The Hall–Kier alpha value is -4.53. The lowest BCUT2D eigenvalue weighted by atomic mass is 10.1. The molecule has 5 rings (SSSR count). The number of rotatable bonds is 6. The van der Waals surface area contributed by atoms with Gasteiger partial charge in [0.2, 0.25) is 6.79 Å². The van der Waals surface area contributed by atoms with Gasteiger partial charge >= 0.3 is 5.69 Å². The van der Waals surface area contributed by atoms with Crippen molar-refractivity contribution in [2.45, 2.75) is 13.1 Å². The fraction of sp³-hybridized carbons (Fsp3) is 0.160. The lowest BCUT2D eigenvalue weighted by Gasteiger charge is -2.09. The van der Waals surface area contributed by atoms with Gasteiger partial charge in [-0.2, -0.15) is 0 Å². The van der Waals surface area contributed by atoms with Crippen LogP contribution in [0.2, 0.25) is 0 Å². The summed E-state index contributed by atoms with van der Waals surface area (Å²) in [5.74, 6) is 1.62. The molecule has 4 aromatic rings. The lowest BCUT2D eigenvalue weighted by Crippen LogP contribution is -2.35. The monoisotopic (exact) mass is 459 g/mol. The summed E-state index contributed by atoms with van der Waals surface area (Å²) in [6.45, 7) is 0.546. The van der Waals surface area contributed by atoms with Crippen LogP contribution in [0, 0.1) is 0 Å². The van der Waals surface area contributed by atoms with Gasteiger partial charge < -0.3 is 24.5 Å². The third kappa shape index (κ3) is 4.11. The Morgan fingerprint density at radius 3 is 2.56 bits per heavy atom. The standard InChI is InChI=1S/C25H21N3O6/c1-32-18-6-2-15(3-7-18)12-26-23(29)17-5-8-19-20(11-17)27-25(31)28(24(19)30)13-16-4-9-21-22(10-16)34-14-33-21/h2-11H,12-14H2,1H3,(H,26,29)(H,27,31). The van der Waals surface area contributed by atoms with E-state index >= 15 is 0 Å². The zero-order valence-corrected chi connectivity index (χ0v) is 18.3. The van der Waals surface area contributed by atoms with Gasteiger partial charge in [-0.25, -0.2) is 4.79 Å². The fourth-order valence-corrected chi connectivity index (χ4v) is 3.79. The van der Waals surface area contributed by atoms with Crippen molar-refractivity contribution in [3.05, 3.63) is 98.2 Å². The van der Waals surface area contributed by atoms with E-state index in [9.17, 15) is 14.4 Å². The second kappa shape index (κ2) is 8.78. The van der Waals surface area contributed by atoms with Crippen LogP contribution in [0.4, 0.5) is 0 Å². The largest absolute Gasteiger partial charge is 0.497 e. The first-order chi connectivity index (χ1) is 16.5. The van der Waals surface area contributed by atoms with Gasteiger partial charge in [0.15, 0.2) is 11.5 Å². The van der Waals surface area contributed by atoms with E-state index in [4.69, 9.17) is 14.2 Å². The van der Waals surface area contributed by atoms with E-state index in [0.717, 1.165) is 21.4 Å². The highest BCUT2D eigenvalue weighted by Gasteiger charge is 2.15. The second-order valence-corrected chi connectivity index (χ2v) is 7.80. The molecular formula is C25H21N3O6. The van der Waals surface area contributed by atoms with Gasteiger partial charge in [-0.1, -0.05) is 18.2 Å². The van der Waals surface area contributed by atoms with Crippen LogP contribution in [-0.2, 0) is 13.1 Å². The number of H-pyrrole nitrogens is 1. The molecule has 0 bridgehead atoms. The minimum atomic E-state index is -0.564. The van der Waals surface area contributed by atoms with Crippen molar-refractivity contribution < 1.29 is 19.0 Å². The average molecular weight is 459 g/mol. The van der Waals surface area contributed by atoms with Crippen LogP contribution in [0.5, 0.6) is 17.2 Å². The highest BCUT2D eigenvalue weighted by molar-refractivity contribution is 5.97. The smallest absolute Gasteiger partial charge is 0.329 e. The van der Waals surface area contributed by atoms with E-state index in [1.807, 2.05) is 24.3 Å². The van der Waals surface area contributed by atoms with Gasteiger partial charge in [0.05, 0.1) is 24.6 Å². The Morgan fingerprint density at radius 2 is 1.76 bits per heavy atom. The molecular weight excluding hydrogens is 438 g/mol. The number of carbonyl (C=O) groups is 1. The van der Waals surface area contributed by atoms with Crippen LogP contribution in [0.1, 0.15) is 21.5 Å². The first kappa shape index (κ1) is 21.3. The van der Waals surface area contributed by atoms with Crippen LogP contribution < -0.4 is 30.8 Å². The number of ether oxygens (including phenoxy) is 3. The highest BCUT2D eigenvalue weighted by Crippen LogP contribution is 2.32. The van der Waals surface area contributed by atoms with E-state index in [2.05, 4.69) is 10.3 Å². The third-order valence-electron chi connectivity index (χ3n) is 5.63. The summed E-state index contributed by atoms with van der Waals surface area (Å²) in [5.41, 5.74) is 1.27. The third-order valence-corrected chi connectivity index (χ3v) is 5.63. The molecule has 9 heteroatoms. The Kier molecular flexibility index (Phi) is 5.51. The highest BCUT2D eigenvalue weighted by atomic mass is 16.7. The van der Waals surface area contributed by atoms with E-state index in [0.29, 0.717) is 34.5 Å². The Bertz CT molecular complexity index is 1500. The van der Waals surface area contributed by atoms with Crippen molar-refractivity contribution in [1.29, 1.82) is 0 Å². The van der Waals surface area contributed by atoms with Crippen molar-refractivity contribution in [3.63, 3.8) is 0 Å². The molecule has 0 spiro atoms. The maximum Gasteiger partial charge on any atom is 0.329 e. The minimum absolute atomic E-state index is 0.0743. The molecule has 0 saturated heterocycles. The van der Waals surface area contributed by atoms with Gasteiger partial charge in [0.1, 0.15) is 5.75 Å². The second-order valence-electron chi connectivity index (χ2n) is 7.80. The Labute approximate surface area is 193 Å². The van der Waals surface area contributed by atoms with Crippen molar-refractivity contribution in [1.82, 2.24) is 14.9 Å². The van der Waals surface area contributed by atoms with Gasteiger partial charge in [-0.05, 0) is 53.6 Å². The number of amides is 1. The maximum atomic E-state index is 13.0. The summed E-state index contributed by atoms with van der Waals surface area (Å²) in [6.07, 6.45) is 0. The Balaban J connectivity index is 1.36. The summed E-state index contributed by atoms with van der Waals surface area (Å²) in [5, 5.41) is 3.15. The molecule has 0 saturated carbocycles. The average Bonchev–Trinajstić information content (AvgIpc) is 3.33. The van der Waals surface area contributed by atoms with Crippen LogP contribution in [-0.4, -0.2) is 29.4 Å². The predicted octanol–water partition coefficient (Wildman–Crippen LogP) is 2.41. The van der Waals surface area contributed by atoms with Crippen molar-refractivity contribution in [2.75, 3.05) is 13.9 Å². The molecule has 0 fully saturated rings. The van der Waals surface area contributed by atoms with Gasteiger partial charge in [0.25, 0.3) is 11.5 Å². The number of aromatic nitrogens is 2. The van der Waals surface area contributed by atoms with Crippen LogP contribution in [0.15, 0.2) is 70.3 Å². The number of carbonyl (C=O) groups excluding carboxylic acids is 1. The van der Waals surface area contributed by atoms with Gasteiger partial charge in [-0.3, -0.25) is 14.2 Å². The van der Waals surface area contributed by atoms with Gasteiger partial charge in [-0.15, -0.1) is 0 Å². The normalized spacial score (nSPS) is 12.0. The van der Waals surface area contributed by atoms with E-state index in [-0.39, 0.29) is 19.2 Å². The summed E-state index contributed by atoms with van der Waals surface area (Å²) in [6, 6.07) is 17.2. The van der Waals surface area contributed by atoms with E-state index in [1.165, 1.54) is 6.07 Å². The first-order valence-electron chi connectivity index (χ1n) is 10.6. The summed E-state index contributed by atoms with van der Waals surface area (Å²) < 4.78 is 16.9. The zero-order chi connectivity index (χ0) is 23.7. The molecule has 172 valence electrons. The summed E-state index contributed by atoms with van der Waals surface area (Å²) in [4.78, 5) is 41.0. The topological polar surface area (TPSA) is 112 Å². The SMILES string of the molecule is COc1ccc(CNC(=O)c2ccc3c(=O)n(Cc4ccc5c(c4)OCO5)c(=O)[nH]c3c2)cc1. The van der Waals surface area contributed by atoms with Gasteiger partial charge in [0, 0.05) is 12.1 Å². The molecule has 9 nitrogen and oxygen atoms in total. The molecule has 0 unspecified atom stereocenters. The molecule has 2 heterocycles. The fourth-order valence-electron chi connectivity index (χ4n) is 3.79. The molecule has 2 N–H and O–H groups in total. The lowest BCUT2D eigenvalue weighted by molar-refractivity contribution is 0.0951. The summed E-state index contributed by atoms with van der Waals surface area (Å²) in [7, 11) is 1.59. The van der Waals surface area contributed by atoms with E-state index in [1.54, 1.807) is 37.4 Å². The molecule has 1 aliphatic heterocycles. The molecule has 3 aromatic carbocycles. The Morgan fingerprint density at radius 1 is 1.00 bits per heavy atom. The molecule has 0 atom stereocenters. The van der Waals surface area contributed by atoms with Crippen molar-refractivity contribution in [2.24, 2.45) is 0 Å². The zero-order valence-electron chi connectivity index (χ0n) is 18.3. The van der Waals surface area contributed by atoms with Crippen LogP contribution >= 0.6 is 0 Å². The number of aromatic amines is 1.